The van der Waals surface area contributed by atoms with E-state index in [1.807, 2.05) is 44.9 Å². The maximum Gasteiger partial charge on any atom is 0.345 e. The van der Waals surface area contributed by atoms with Gasteiger partial charge >= 0.3 is 4.96 Å². The zero-order chi connectivity index (χ0) is 18.6. The van der Waals surface area contributed by atoms with Crippen molar-refractivity contribution in [1.82, 2.24) is 9.88 Å². The van der Waals surface area contributed by atoms with Crippen molar-refractivity contribution in [2.24, 2.45) is 0 Å². The minimum Gasteiger partial charge on any atom is -0.748 e. The molecule has 1 amide bonds. The highest BCUT2D eigenvalue weighted by molar-refractivity contribution is 7.85. The number of carbonyl (C=O) groups excluding carboxylic acids is 1. The molecule has 0 saturated heterocycles. The number of aryl methyl sites for hydroxylation is 1. The molecule has 2 aromatic heterocycles. The molecule has 0 bridgehead atoms. The number of thiazole rings is 1. The third-order valence-electron chi connectivity index (χ3n) is 3.97. The average molecular weight is 393 g/mol. The van der Waals surface area contributed by atoms with E-state index in [2.05, 4.69) is 5.32 Å². The van der Waals surface area contributed by atoms with Gasteiger partial charge in [0.05, 0.1) is 23.2 Å². The van der Waals surface area contributed by atoms with Crippen molar-refractivity contribution in [3.05, 3.63) is 59.4 Å². The van der Waals surface area contributed by atoms with Gasteiger partial charge in [-0.3, -0.25) is 4.79 Å². The number of aromatic nitrogens is 2. The number of carbonyl (C=O) groups is 1. The van der Waals surface area contributed by atoms with Crippen LogP contribution < -0.4 is 9.72 Å². The molecule has 0 radical (unpaired) electrons. The van der Waals surface area contributed by atoms with E-state index in [0.717, 1.165) is 10.7 Å². The van der Waals surface area contributed by atoms with Crippen LogP contribution in [0.2, 0.25) is 0 Å². The smallest absolute Gasteiger partial charge is 0.345 e. The van der Waals surface area contributed by atoms with Crippen LogP contribution in [0.15, 0.2) is 48.1 Å². The number of hydrogen-bond donors (Lipinski definition) is 1. The van der Waals surface area contributed by atoms with Gasteiger partial charge in [-0.1, -0.05) is 29.5 Å². The third kappa shape index (κ3) is 4.69. The van der Waals surface area contributed by atoms with Crippen LogP contribution in [0.25, 0.3) is 4.96 Å². The minimum atomic E-state index is -4.18. The maximum atomic E-state index is 12.2. The van der Waals surface area contributed by atoms with Crippen LogP contribution in [0.1, 0.15) is 28.9 Å². The van der Waals surface area contributed by atoms with Crippen LogP contribution in [-0.2, 0) is 23.2 Å². The molecule has 2 heterocycles. The highest BCUT2D eigenvalue weighted by atomic mass is 32.2. The summed E-state index contributed by atoms with van der Waals surface area (Å²) >= 11 is 1.56. The summed E-state index contributed by atoms with van der Waals surface area (Å²) in [5, 5.41) is 4.87. The standard InChI is InChI=1S/C17H19N3O4S2/c21-16(14-6-2-1-3-7-14)18-12-15-13-19-9-10-25-17(19)20(15)8-4-5-11-26(22,23)24/h1-3,6-7,9-10,13H,4-5,8,11-12H2,(H-,18,21,22,23,24). The molecule has 0 saturated carbocycles. The molecule has 9 heteroatoms. The molecule has 26 heavy (non-hydrogen) atoms. The van der Waals surface area contributed by atoms with Crippen molar-refractivity contribution in [3.63, 3.8) is 0 Å². The first-order valence-electron chi connectivity index (χ1n) is 8.18. The normalized spacial score (nSPS) is 11.7. The van der Waals surface area contributed by atoms with Crippen LogP contribution in [-0.4, -0.2) is 29.2 Å². The summed E-state index contributed by atoms with van der Waals surface area (Å²) < 4.78 is 36.2. The predicted octanol–water partition coefficient (Wildman–Crippen LogP) is 1.54. The summed E-state index contributed by atoms with van der Waals surface area (Å²) in [6, 6.07) is 8.99. The molecule has 0 aliphatic rings. The minimum absolute atomic E-state index is 0.149. The maximum absolute atomic E-state index is 12.2. The van der Waals surface area contributed by atoms with E-state index in [1.54, 1.807) is 23.5 Å². The Morgan fingerprint density at radius 3 is 2.73 bits per heavy atom. The zero-order valence-electron chi connectivity index (χ0n) is 14.0. The largest absolute Gasteiger partial charge is 0.748 e. The number of imidazole rings is 1. The molecular formula is C17H19N3O4S2. The number of amides is 1. The monoisotopic (exact) mass is 393 g/mol. The fourth-order valence-electron chi connectivity index (χ4n) is 2.73. The number of fused-ring (bicyclic) bond motifs is 1. The summed E-state index contributed by atoms with van der Waals surface area (Å²) in [4.78, 5) is 13.2. The van der Waals surface area contributed by atoms with Gasteiger partial charge in [0.15, 0.2) is 5.69 Å². The predicted molar refractivity (Wildman–Crippen MR) is 96.9 cm³/mol. The van der Waals surface area contributed by atoms with E-state index in [-0.39, 0.29) is 11.7 Å². The molecule has 0 aliphatic carbocycles. The van der Waals surface area contributed by atoms with Crippen LogP contribution in [0.3, 0.4) is 0 Å². The Kier molecular flexibility index (Phi) is 5.70. The van der Waals surface area contributed by atoms with Crippen molar-refractivity contribution in [1.29, 1.82) is 0 Å². The Bertz CT molecular complexity index is 994. The number of nitrogens with one attached hydrogen (secondary N) is 1. The second kappa shape index (κ2) is 7.98. The molecule has 3 aromatic rings. The lowest BCUT2D eigenvalue weighted by Crippen LogP contribution is -2.24. The highest BCUT2D eigenvalue weighted by Crippen LogP contribution is 2.13. The summed E-state index contributed by atoms with van der Waals surface area (Å²) in [7, 11) is -4.18. The molecule has 0 fully saturated rings. The first kappa shape index (κ1) is 18.6. The van der Waals surface area contributed by atoms with Gasteiger partial charge in [0.2, 0.25) is 0 Å². The Morgan fingerprint density at radius 2 is 2.00 bits per heavy atom. The third-order valence-corrected chi connectivity index (χ3v) is 5.66. The molecule has 0 atom stereocenters. The second-order valence-corrected chi connectivity index (χ2v) is 8.28. The molecule has 0 unspecified atom stereocenters. The van der Waals surface area contributed by atoms with E-state index >= 15 is 0 Å². The van der Waals surface area contributed by atoms with E-state index in [9.17, 15) is 17.8 Å². The van der Waals surface area contributed by atoms with Crippen molar-refractivity contribution in [2.45, 2.75) is 25.9 Å². The Balaban J connectivity index is 1.68. The Labute approximate surface area is 155 Å². The molecule has 3 rings (SSSR count). The summed E-state index contributed by atoms with van der Waals surface area (Å²) in [5.41, 5.74) is 1.52. The quantitative estimate of drug-likeness (QED) is 0.357. The number of unbranched alkanes of at least 4 members (excludes halogenated alkanes) is 1. The Hall–Kier alpha value is -2.23. The molecule has 138 valence electrons. The summed E-state index contributed by atoms with van der Waals surface area (Å²) in [6.07, 6.45) is 4.77. The van der Waals surface area contributed by atoms with Gasteiger partial charge in [0.25, 0.3) is 5.91 Å². The summed E-state index contributed by atoms with van der Waals surface area (Å²) in [6.45, 7) is 0.949. The Morgan fingerprint density at radius 1 is 1.23 bits per heavy atom. The first-order chi connectivity index (χ1) is 12.4. The van der Waals surface area contributed by atoms with Crippen molar-refractivity contribution in [2.75, 3.05) is 5.75 Å². The van der Waals surface area contributed by atoms with Gasteiger partial charge in [-0.2, -0.15) is 4.40 Å². The molecule has 1 N–H and O–H groups in total. The fraction of sp³-hybridized carbons (Fsp3) is 0.294. The fourth-order valence-corrected chi connectivity index (χ4v) is 4.17. The van der Waals surface area contributed by atoms with E-state index in [1.165, 1.54) is 0 Å². The lowest BCUT2D eigenvalue weighted by Gasteiger charge is -2.07. The highest BCUT2D eigenvalue weighted by Gasteiger charge is 2.19. The van der Waals surface area contributed by atoms with Gasteiger partial charge < -0.3 is 9.87 Å². The number of benzene rings is 1. The van der Waals surface area contributed by atoms with Crippen molar-refractivity contribution < 1.29 is 22.2 Å². The van der Waals surface area contributed by atoms with Crippen molar-refractivity contribution in [3.8, 4) is 0 Å². The van der Waals surface area contributed by atoms with Crippen LogP contribution in [0.5, 0.6) is 0 Å². The number of hydrogen-bond acceptors (Lipinski definition) is 5. The number of rotatable bonds is 8. The number of nitrogens with zero attached hydrogens (tertiary/aromatic N) is 2. The molecule has 7 nitrogen and oxygen atoms in total. The molecule has 0 aliphatic heterocycles. The van der Waals surface area contributed by atoms with Gasteiger partial charge in [-0.15, -0.1) is 0 Å². The van der Waals surface area contributed by atoms with Gasteiger partial charge in [-0.25, -0.2) is 13.0 Å². The summed E-state index contributed by atoms with van der Waals surface area (Å²) in [5.74, 6) is -0.501. The zero-order valence-corrected chi connectivity index (χ0v) is 15.6. The van der Waals surface area contributed by atoms with E-state index in [0.29, 0.717) is 31.5 Å². The van der Waals surface area contributed by atoms with Crippen LogP contribution in [0, 0.1) is 0 Å². The average Bonchev–Trinajstić information content (AvgIpc) is 3.18. The topological polar surface area (TPSA) is 95.3 Å². The molecule has 0 spiro atoms. The van der Waals surface area contributed by atoms with Crippen LogP contribution >= 0.6 is 11.3 Å². The molecular weight excluding hydrogens is 374 g/mol. The van der Waals surface area contributed by atoms with Gasteiger partial charge in [0, 0.05) is 16.7 Å². The van der Waals surface area contributed by atoms with E-state index < -0.39 is 10.1 Å². The van der Waals surface area contributed by atoms with Crippen LogP contribution in [0.4, 0.5) is 0 Å². The lowest BCUT2D eigenvalue weighted by atomic mass is 10.2. The lowest BCUT2D eigenvalue weighted by molar-refractivity contribution is -0.506. The SMILES string of the molecule is O=C(NCc1c[n+]2ccsc2n1CCCCS(=O)(=O)[O-])c1ccccc1. The van der Waals surface area contributed by atoms with Gasteiger partial charge in [-0.05, 0) is 25.0 Å². The van der Waals surface area contributed by atoms with E-state index in [4.69, 9.17) is 0 Å². The first-order valence-corrected chi connectivity index (χ1v) is 10.6. The second-order valence-electron chi connectivity index (χ2n) is 5.88. The van der Waals surface area contributed by atoms with Gasteiger partial charge in [0.1, 0.15) is 12.4 Å². The van der Waals surface area contributed by atoms with Crippen molar-refractivity contribution >= 4 is 32.3 Å². The molecule has 1 aromatic carbocycles.